The lowest BCUT2D eigenvalue weighted by atomic mass is 10.1. The van der Waals surface area contributed by atoms with Crippen molar-refractivity contribution in [2.75, 3.05) is 5.75 Å². The summed E-state index contributed by atoms with van der Waals surface area (Å²) in [7, 11) is 0. The van der Waals surface area contributed by atoms with E-state index >= 15 is 0 Å². The molecule has 1 aromatic rings. The maximum absolute atomic E-state index is 13.4. The van der Waals surface area contributed by atoms with Gasteiger partial charge in [0.05, 0.1) is 0 Å². The van der Waals surface area contributed by atoms with Crippen molar-refractivity contribution in [3.63, 3.8) is 0 Å². The highest BCUT2D eigenvalue weighted by molar-refractivity contribution is 7.99. The molecule has 0 saturated heterocycles. The van der Waals surface area contributed by atoms with E-state index in [2.05, 4.69) is 6.92 Å². The summed E-state index contributed by atoms with van der Waals surface area (Å²) >= 11 is 1.78. The lowest BCUT2D eigenvalue weighted by Crippen LogP contribution is -2.07. The summed E-state index contributed by atoms with van der Waals surface area (Å²) in [6, 6.07) is 3.38. The Morgan fingerprint density at radius 1 is 1.44 bits per heavy atom. The van der Waals surface area contributed by atoms with Crippen molar-refractivity contribution in [3.8, 4) is 0 Å². The first-order valence-electron chi connectivity index (χ1n) is 5.74. The molecule has 3 heteroatoms. The second-order valence-electron chi connectivity index (χ2n) is 4.13. The van der Waals surface area contributed by atoms with Crippen LogP contribution in [0.15, 0.2) is 17.0 Å². The minimum Gasteiger partial charge on any atom is -0.324 e. The summed E-state index contributed by atoms with van der Waals surface area (Å²) in [5.41, 5.74) is 7.48. The summed E-state index contributed by atoms with van der Waals surface area (Å²) < 4.78 is 13.4. The van der Waals surface area contributed by atoms with Gasteiger partial charge >= 0.3 is 0 Å². The van der Waals surface area contributed by atoms with Crippen LogP contribution in [0, 0.1) is 12.7 Å². The molecule has 0 saturated carbocycles. The number of hydrogen-bond donors (Lipinski definition) is 1. The highest BCUT2D eigenvalue weighted by Crippen LogP contribution is 2.29. The summed E-state index contributed by atoms with van der Waals surface area (Å²) in [4.78, 5) is 1.13. The first-order chi connectivity index (χ1) is 7.56. The van der Waals surface area contributed by atoms with Gasteiger partial charge in [-0.3, -0.25) is 0 Å². The topological polar surface area (TPSA) is 26.0 Å². The number of nitrogens with two attached hydrogens (primary N) is 1. The van der Waals surface area contributed by atoms with Crippen LogP contribution in [0.25, 0.3) is 0 Å². The van der Waals surface area contributed by atoms with Crippen LogP contribution in [-0.4, -0.2) is 5.75 Å². The number of benzene rings is 1. The van der Waals surface area contributed by atoms with Crippen LogP contribution >= 0.6 is 11.8 Å². The van der Waals surface area contributed by atoms with Gasteiger partial charge in [-0.25, -0.2) is 4.39 Å². The zero-order valence-corrected chi connectivity index (χ0v) is 11.0. The molecule has 90 valence electrons. The third-order valence-electron chi connectivity index (χ3n) is 2.54. The molecule has 0 aromatic heterocycles. The van der Waals surface area contributed by atoms with E-state index in [1.807, 2.05) is 13.0 Å². The molecule has 0 aliphatic heterocycles. The first-order valence-corrected chi connectivity index (χ1v) is 6.73. The highest BCUT2D eigenvalue weighted by Gasteiger charge is 2.10. The van der Waals surface area contributed by atoms with Crippen LogP contribution in [0.4, 0.5) is 4.39 Å². The van der Waals surface area contributed by atoms with E-state index in [1.54, 1.807) is 24.8 Å². The van der Waals surface area contributed by atoms with Gasteiger partial charge < -0.3 is 5.73 Å². The molecule has 0 bridgehead atoms. The molecule has 0 spiro atoms. The van der Waals surface area contributed by atoms with Gasteiger partial charge in [0, 0.05) is 10.9 Å². The predicted octanol–water partition coefficient (Wildman–Crippen LogP) is 4.05. The summed E-state index contributed by atoms with van der Waals surface area (Å²) in [6.07, 6.45) is 2.36. The van der Waals surface area contributed by atoms with Crippen LogP contribution in [0.3, 0.4) is 0 Å². The molecular formula is C13H20FNS. The standard InChI is InChI=1S/C13H20FNS/c1-4-5-6-16-13-7-9(2)12(14)8-11(13)10(3)15/h7-8,10H,4-6,15H2,1-3H3/t10-/m1/s1. The van der Waals surface area contributed by atoms with Crippen LogP contribution in [0.5, 0.6) is 0 Å². The highest BCUT2D eigenvalue weighted by atomic mass is 32.2. The van der Waals surface area contributed by atoms with Gasteiger partial charge in [0.15, 0.2) is 0 Å². The third kappa shape index (κ3) is 3.49. The Hall–Kier alpha value is -0.540. The van der Waals surface area contributed by atoms with Gasteiger partial charge in [-0.05, 0) is 49.3 Å². The zero-order chi connectivity index (χ0) is 12.1. The Bertz CT molecular complexity index is 350. The van der Waals surface area contributed by atoms with Crippen LogP contribution < -0.4 is 5.73 Å². The Morgan fingerprint density at radius 2 is 2.12 bits per heavy atom. The lowest BCUT2D eigenvalue weighted by molar-refractivity contribution is 0.610. The SMILES string of the molecule is CCCCSc1cc(C)c(F)cc1[C@@H](C)N. The van der Waals surface area contributed by atoms with Crippen molar-refractivity contribution >= 4 is 11.8 Å². The van der Waals surface area contributed by atoms with E-state index < -0.39 is 0 Å². The largest absolute Gasteiger partial charge is 0.324 e. The average molecular weight is 241 g/mol. The van der Waals surface area contributed by atoms with Gasteiger partial charge in [-0.1, -0.05) is 13.3 Å². The van der Waals surface area contributed by atoms with Crippen molar-refractivity contribution in [3.05, 3.63) is 29.1 Å². The maximum atomic E-state index is 13.4. The molecule has 16 heavy (non-hydrogen) atoms. The fourth-order valence-electron chi connectivity index (χ4n) is 1.48. The molecule has 0 aliphatic rings. The van der Waals surface area contributed by atoms with Gasteiger partial charge in [0.1, 0.15) is 5.82 Å². The summed E-state index contributed by atoms with van der Waals surface area (Å²) in [6.45, 7) is 5.86. The van der Waals surface area contributed by atoms with E-state index in [0.717, 1.165) is 16.2 Å². The Labute approximate surface area is 102 Å². The van der Waals surface area contributed by atoms with E-state index in [1.165, 1.54) is 12.8 Å². The van der Waals surface area contributed by atoms with E-state index in [9.17, 15) is 4.39 Å². The smallest absolute Gasteiger partial charge is 0.126 e. The summed E-state index contributed by atoms with van der Waals surface area (Å²) in [5.74, 6) is 0.911. The molecule has 0 radical (unpaired) electrons. The molecule has 0 aliphatic carbocycles. The van der Waals surface area contributed by atoms with Crippen LogP contribution in [-0.2, 0) is 0 Å². The molecular weight excluding hydrogens is 221 g/mol. The van der Waals surface area contributed by atoms with Crippen molar-refractivity contribution in [2.24, 2.45) is 5.73 Å². The molecule has 2 N–H and O–H groups in total. The van der Waals surface area contributed by atoms with E-state index in [4.69, 9.17) is 5.73 Å². The Kier molecular flexibility index (Phi) is 5.29. The minimum atomic E-state index is -0.160. The van der Waals surface area contributed by atoms with Crippen LogP contribution in [0.2, 0.25) is 0 Å². The second kappa shape index (κ2) is 6.26. The molecule has 1 atom stereocenters. The lowest BCUT2D eigenvalue weighted by Gasteiger charge is -2.13. The third-order valence-corrected chi connectivity index (χ3v) is 3.69. The number of thioether (sulfide) groups is 1. The number of halogens is 1. The fourth-order valence-corrected chi connectivity index (χ4v) is 2.80. The molecule has 1 nitrogen and oxygen atoms in total. The van der Waals surface area contributed by atoms with Crippen LogP contribution in [0.1, 0.15) is 43.9 Å². The normalized spacial score (nSPS) is 12.8. The number of unbranched alkanes of at least 4 members (excludes halogenated alkanes) is 1. The van der Waals surface area contributed by atoms with Gasteiger partial charge in [0.2, 0.25) is 0 Å². The van der Waals surface area contributed by atoms with E-state index in [0.29, 0.717) is 5.56 Å². The minimum absolute atomic E-state index is 0.112. The number of hydrogen-bond acceptors (Lipinski definition) is 2. The first kappa shape index (κ1) is 13.5. The quantitative estimate of drug-likeness (QED) is 0.622. The van der Waals surface area contributed by atoms with Crippen molar-refractivity contribution in [1.82, 2.24) is 0 Å². The number of rotatable bonds is 5. The van der Waals surface area contributed by atoms with Gasteiger partial charge in [-0.2, -0.15) is 0 Å². The van der Waals surface area contributed by atoms with Crippen molar-refractivity contribution < 1.29 is 4.39 Å². The monoisotopic (exact) mass is 241 g/mol. The average Bonchev–Trinajstić information content (AvgIpc) is 2.23. The molecule has 0 fully saturated rings. The van der Waals surface area contributed by atoms with Gasteiger partial charge in [-0.15, -0.1) is 11.8 Å². The van der Waals surface area contributed by atoms with Gasteiger partial charge in [0.25, 0.3) is 0 Å². The molecule has 1 aromatic carbocycles. The number of aryl methyl sites for hydroxylation is 1. The zero-order valence-electron chi connectivity index (χ0n) is 10.2. The molecule has 1 rings (SSSR count). The predicted molar refractivity (Wildman–Crippen MR) is 69.4 cm³/mol. The Morgan fingerprint density at radius 3 is 2.69 bits per heavy atom. The molecule has 0 unspecified atom stereocenters. The fraction of sp³-hybridized carbons (Fsp3) is 0.538. The molecule has 0 heterocycles. The van der Waals surface area contributed by atoms with E-state index in [-0.39, 0.29) is 11.9 Å². The van der Waals surface area contributed by atoms with Crippen molar-refractivity contribution in [2.45, 2.75) is 44.6 Å². The maximum Gasteiger partial charge on any atom is 0.126 e. The second-order valence-corrected chi connectivity index (χ2v) is 5.27. The summed E-state index contributed by atoms with van der Waals surface area (Å²) in [5, 5.41) is 0. The molecule has 0 amide bonds. The van der Waals surface area contributed by atoms with Crippen molar-refractivity contribution in [1.29, 1.82) is 0 Å². The Balaban J connectivity index is 2.91.